The molecule has 3 heterocycles. The number of carbonyl (C=O) groups is 2. The number of primary amides is 1. The Kier molecular flexibility index (Phi) is 9.18. The van der Waals surface area contributed by atoms with Crippen molar-refractivity contribution in [2.45, 2.75) is 38.1 Å². The number of benzene rings is 1. The summed E-state index contributed by atoms with van der Waals surface area (Å²) >= 11 is 5.75. The lowest BCUT2D eigenvalue weighted by molar-refractivity contribution is -0.274. The van der Waals surface area contributed by atoms with Gasteiger partial charge in [0.25, 0.3) is 0 Å². The zero-order valence-corrected chi connectivity index (χ0v) is 20.3. The number of amides is 2. The third-order valence-electron chi connectivity index (χ3n) is 5.73. The minimum Gasteiger partial charge on any atom is -0.406 e. The topological polar surface area (TPSA) is 148 Å². The van der Waals surface area contributed by atoms with E-state index in [1.165, 1.54) is 12.4 Å². The molecule has 0 radical (unpaired) electrons. The van der Waals surface area contributed by atoms with Crippen molar-refractivity contribution in [3.8, 4) is 5.75 Å². The molecule has 0 aliphatic carbocycles. The maximum atomic E-state index is 13.7. The first-order valence-electron chi connectivity index (χ1n) is 11.3. The molecule has 0 saturated carbocycles. The predicted octanol–water partition coefficient (Wildman–Crippen LogP) is 2.83. The highest BCUT2D eigenvalue weighted by Gasteiger charge is 2.31. The first-order valence-corrected chi connectivity index (χ1v) is 11.7. The quantitative estimate of drug-likeness (QED) is 0.418. The normalized spacial score (nSPS) is 18.4. The minimum atomic E-state index is -4.79. The van der Waals surface area contributed by atoms with E-state index in [1.54, 1.807) is 4.90 Å². The Morgan fingerprint density at radius 2 is 1.89 bits per heavy atom. The number of nitrogens with one attached hydrogen (secondary N) is 2. The van der Waals surface area contributed by atoms with Crippen LogP contribution in [-0.4, -0.2) is 53.8 Å². The van der Waals surface area contributed by atoms with E-state index in [-0.39, 0.29) is 34.4 Å². The van der Waals surface area contributed by atoms with Gasteiger partial charge in [0.1, 0.15) is 18.1 Å². The number of alkyl halides is 3. The summed E-state index contributed by atoms with van der Waals surface area (Å²) in [5.41, 5.74) is 10.9. The van der Waals surface area contributed by atoms with Crippen LogP contribution in [0.5, 0.6) is 5.75 Å². The first-order chi connectivity index (χ1) is 17.4. The number of nitrogen functional groups attached to an aromatic ring is 1. The van der Waals surface area contributed by atoms with Gasteiger partial charge in [0.05, 0.1) is 0 Å². The molecule has 15 heteroatoms. The molecular formula is C22H26ClF4N7O3. The lowest BCUT2D eigenvalue weighted by atomic mass is 9.96. The van der Waals surface area contributed by atoms with E-state index in [2.05, 4.69) is 25.3 Å². The van der Waals surface area contributed by atoms with E-state index in [1.807, 2.05) is 0 Å². The summed E-state index contributed by atoms with van der Waals surface area (Å²) < 4.78 is 54.0. The van der Waals surface area contributed by atoms with Crippen molar-refractivity contribution in [2.24, 2.45) is 11.7 Å². The molecule has 10 nitrogen and oxygen atoms in total. The monoisotopic (exact) mass is 547 g/mol. The van der Waals surface area contributed by atoms with Gasteiger partial charge in [-0.3, -0.25) is 9.59 Å². The fourth-order valence-corrected chi connectivity index (χ4v) is 4.14. The second kappa shape index (κ2) is 12.1. The molecule has 2 fully saturated rings. The number of hydrogen-bond donors (Lipinski definition) is 4. The average molecular weight is 548 g/mol. The summed E-state index contributed by atoms with van der Waals surface area (Å²) in [6, 6.07) is 3.16. The molecule has 202 valence electrons. The van der Waals surface area contributed by atoms with Crippen LogP contribution in [0.3, 0.4) is 0 Å². The Morgan fingerprint density at radius 1 is 1.19 bits per heavy atom. The van der Waals surface area contributed by atoms with Gasteiger partial charge in [-0.25, -0.2) is 9.97 Å². The van der Waals surface area contributed by atoms with Crippen LogP contribution >= 0.6 is 11.6 Å². The van der Waals surface area contributed by atoms with Gasteiger partial charge in [0.2, 0.25) is 17.6 Å². The van der Waals surface area contributed by atoms with Gasteiger partial charge in [-0.05, 0) is 37.8 Å². The van der Waals surface area contributed by atoms with Gasteiger partial charge >= 0.3 is 6.36 Å². The lowest BCUT2D eigenvalue weighted by Gasteiger charge is -2.31. The number of piperidine rings is 2. The van der Waals surface area contributed by atoms with E-state index < -0.39 is 24.0 Å². The maximum absolute atomic E-state index is 13.7. The van der Waals surface area contributed by atoms with Crippen molar-refractivity contribution in [1.29, 1.82) is 0 Å². The van der Waals surface area contributed by atoms with E-state index in [4.69, 9.17) is 23.1 Å². The van der Waals surface area contributed by atoms with Crippen molar-refractivity contribution in [2.75, 3.05) is 35.6 Å². The van der Waals surface area contributed by atoms with Crippen LogP contribution in [0, 0.1) is 11.7 Å². The highest BCUT2D eigenvalue weighted by molar-refractivity contribution is 6.31. The molecule has 2 amide bonds. The standard InChI is InChI=1S/C12H12ClF3N2O2.C10H14FN5O/c13-7-4-8(6-9(5-7)20-12(14,15)16)18-10-2-1-3-17-11(10)19;11-7-8(12)14-5-15-10(7)16-3-1-6(2-4-16)9(13)17/h4-6,10,18H,1-3H2,(H,17,19);5-6H,1-4H2,(H2,13,17)(H2,12,14,15)/t10-;/m1./s1. The van der Waals surface area contributed by atoms with Gasteiger partial charge < -0.3 is 31.7 Å². The molecule has 1 atom stereocenters. The van der Waals surface area contributed by atoms with Gasteiger partial charge in [-0.1, -0.05) is 11.6 Å². The number of nitrogens with zero attached hydrogens (tertiary/aromatic N) is 3. The second-order valence-electron chi connectivity index (χ2n) is 8.41. The Labute approximate surface area is 214 Å². The molecule has 37 heavy (non-hydrogen) atoms. The van der Waals surface area contributed by atoms with Gasteiger partial charge in [0, 0.05) is 42.3 Å². The van der Waals surface area contributed by atoms with Crippen molar-refractivity contribution in [3.63, 3.8) is 0 Å². The van der Waals surface area contributed by atoms with Crippen LogP contribution in [-0.2, 0) is 9.59 Å². The van der Waals surface area contributed by atoms with E-state index in [0.717, 1.165) is 18.6 Å². The molecule has 2 aromatic rings. The molecule has 0 spiro atoms. The number of aromatic nitrogens is 2. The minimum absolute atomic E-state index is 0.0884. The molecule has 0 bridgehead atoms. The van der Waals surface area contributed by atoms with Gasteiger partial charge in [0.15, 0.2) is 11.6 Å². The average Bonchev–Trinajstić information content (AvgIpc) is 2.81. The Bertz CT molecular complexity index is 1110. The third-order valence-corrected chi connectivity index (χ3v) is 5.94. The second-order valence-corrected chi connectivity index (χ2v) is 8.85. The molecule has 1 aromatic heterocycles. The molecule has 0 unspecified atom stereocenters. The molecule has 6 N–H and O–H groups in total. The number of nitrogens with two attached hydrogens (primary N) is 2. The van der Waals surface area contributed by atoms with Crippen LogP contribution in [0.15, 0.2) is 24.5 Å². The Hall–Kier alpha value is -3.55. The summed E-state index contributed by atoms with van der Waals surface area (Å²) in [6.45, 7) is 1.69. The number of ether oxygens (including phenoxy) is 1. The number of carbonyl (C=O) groups excluding carboxylic acids is 2. The number of anilines is 3. The summed E-state index contributed by atoms with van der Waals surface area (Å²) in [5, 5.41) is 5.62. The van der Waals surface area contributed by atoms with E-state index in [0.29, 0.717) is 44.6 Å². The van der Waals surface area contributed by atoms with Crippen LogP contribution in [0.1, 0.15) is 25.7 Å². The van der Waals surface area contributed by atoms with E-state index >= 15 is 0 Å². The maximum Gasteiger partial charge on any atom is 0.573 e. The van der Waals surface area contributed by atoms with E-state index in [9.17, 15) is 27.2 Å². The molecular weight excluding hydrogens is 522 g/mol. The Morgan fingerprint density at radius 3 is 2.51 bits per heavy atom. The smallest absolute Gasteiger partial charge is 0.406 e. The number of rotatable bonds is 5. The number of halogens is 5. The highest BCUT2D eigenvalue weighted by Crippen LogP contribution is 2.30. The zero-order chi connectivity index (χ0) is 27.2. The van der Waals surface area contributed by atoms with Crippen molar-refractivity contribution >= 4 is 40.7 Å². The van der Waals surface area contributed by atoms with Crippen molar-refractivity contribution in [3.05, 3.63) is 35.4 Å². The van der Waals surface area contributed by atoms with Crippen molar-refractivity contribution in [1.82, 2.24) is 15.3 Å². The van der Waals surface area contributed by atoms with Crippen LogP contribution in [0.4, 0.5) is 34.9 Å². The SMILES string of the molecule is NC(=O)C1CCN(c2ncnc(N)c2F)CC1.O=C1NCCC[C@H]1Nc1cc(Cl)cc(OC(F)(F)F)c1. The summed E-state index contributed by atoms with van der Waals surface area (Å²) in [6.07, 6.45) is -0.931. The lowest BCUT2D eigenvalue weighted by Crippen LogP contribution is -2.44. The molecule has 2 aliphatic heterocycles. The first kappa shape index (κ1) is 28.0. The number of hydrogen-bond acceptors (Lipinski definition) is 8. The fraction of sp³-hybridized carbons (Fsp3) is 0.455. The third kappa shape index (κ3) is 8.23. The molecule has 4 rings (SSSR count). The van der Waals surface area contributed by atoms with Gasteiger partial charge in [-0.15, -0.1) is 13.2 Å². The molecule has 1 aromatic carbocycles. The van der Waals surface area contributed by atoms with Crippen molar-refractivity contribution < 1.29 is 31.9 Å². The molecule has 2 aliphatic rings. The molecule has 2 saturated heterocycles. The fourth-order valence-electron chi connectivity index (χ4n) is 3.92. The largest absolute Gasteiger partial charge is 0.573 e. The summed E-state index contributed by atoms with van der Waals surface area (Å²) in [7, 11) is 0. The Balaban J connectivity index is 0.000000208. The highest BCUT2D eigenvalue weighted by atomic mass is 35.5. The van der Waals surface area contributed by atoms with Gasteiger partial charge in [-0.2, -0.15) is 4.39 Å². The van der Waals surface area contributed by atoms with Crippen LogP contribution in [0.2, 0.25) is 5.02 Å². The van der Waals surface area contributed by atoms with Crippen LogP contribution < -0.4 is 31.7 Å². The predicted molar refractivity (Wildman–Crippen MR) is 128 cm³/mol. The summed E-state index contributed by atoms with van der Waals surface area (Å²) in [5.74, 6) is -1.61. The zero-order valence-electron chi connectivity index (χ0n) is 19.5. The summed E-state index contributed by atoms with van der Waals surface area (Å²) in [4.78, 5) is 31.8. The van der Waals surface area contributed by atoms with Crippen LogP contribution in [0.25, 0.3) is 0 Å².